The number of hydrogen-bond acceptors (Lipinski definition) is 0. The van der Waals surface area contributed by atoms with E-state index in [9.17, 15) is 0 Å². The van der Waals surface area contributed by atoms with Crippen molar-refractivity contribution in [2.24, 2.45) is 0 Å². The van der Waals surface area contributed by atoms with E-state index in [0.29, 0.717) is 0 Å². The first-order valence-electron chi connectivity index (χ1n) is 5.63. The molecule has 1 heteroatoms. The molecular formula is C16H15Sb. The summed E-state index contributed by atoms with van der Waals surface area (Å²) in [6.45, 7) is 2.12. The number of hydrogen-bond donors (Lipinski definition) is 0. The van der Waals surface area contributed by atoms with Crippen LogP contribution in [0.5, 0.6) is 0 Å². The minimum atomic E-state index is -1.56. The maximum absolute atomic E-state index is 3.47. The van der Waals surface area contributed by atoms with Crippen molar-refractivity contribution in [1.82, 2.24) is 0 Å². The standard InChI is InChI=1S/C8H5.C7H7.CH3.Sb/c1-2-8-6-4-3-5-7-8;1-7-5-3-2-4-6-7;;/h3-7H;3-6H,1H3;1H3;. The monoisotopic (exact) mass is 328 g/mol. The molecule has 0 amide bonds. The Hall–Kier alpha value is -1.18. The molecular weight excluding hydrogens is 314 g/mol. The van der Waals surface area contributed by atoms with Crippen LogP contribution in [-0.4, -0.2) is 20.2 Å². The van der Waals surface area contributed by atoms with Crippen LogP contribution in [0.15, 0.2) is 54.6 Å². The van der Waals surface area contributed by atoms with Crippen LogP contribution in [-0.2, 0) is 0 Å². The molecule has 0 aromatic heterocycles. The van der Waals surface area contributed by atoms with Crippen LogP contribution in [0.4, 0.5) is 0 Å². The van der Waals surface area contributed by atoms with Crippen molar-refractivity contribution < 1.29 is 0 Å². The summed E-state index contributed by atoms with van der Waals surface area (Å²) in [6, 6.07) is 19.1. The van der Waals surface area contributed by atoms with Gasteiger partial charge in [-0.25, -0.2) is 0 Å². The molecule has 0 bridgehead atoms. The van der Waals surface area contributed by atoms with Gasteiger partial charge in [0.2, 0.25) is 0 Å². The van der Waals surface area contributed by atoms with Crippen LogP contribution in [0.25, 0.3) is 0 Å². The third kappa shape index (κ3) is 3.65. The van der Waals surface area contributed by atoms with E-state index < -0.39 is 20.2 Å². The van der Waals surface area contributed by atoms with Crippen molar-refractivity contribution in [3.05, 3.63) is 65.7 Å². The molecule has 0 aliphatic rings. The van der Waals surface area contributed by atoms with Gasteiger partial charge in [-0.2, -0.15) is 0 Å². The first-order valence-corrected chi connectivity index (χ1v) is 10.7. The molecule has 0 unspecified atom stereocenters. The average Bonchev–Trinajstić information content (AvgIpc) is 2.38. The summed E-state index contributed by atoms with van der Waals surface area (Å²) in [5.74, 6) is 3.29. The first-order chi connectivity index (χ1) is 8.25. The third-order valence-electron chi connectivity index (χ3n) is 2.56. The molecule has 0 aliphatic carbocycles. The van der Waals surface area contributed by atoms with Crippen molar-refractivity contribution in [1.29, 1.82) is 0 Å². The summed E-state index contributed by atoms with van der Waals surface area (Å²) >= 11 is -1.56. The summed E-state index contributed by atoms with van der Waals surface area (Å²) in [7, 11) is 0. The van der Waals surface area contributed by atoms with Gasteiger partial charge in [-0.05, 0) is 0 Å². The molecule has 0 spiro atoms. The molecule has 0 saturated heterocycles. The summed E-state index contributed by atoms with van der Waals surface area (Å²) in [6.07, 6.45) is 0. The zero-order valence-electron chi connectivity index (χ0n) is 10.1. The van der Waals surface area contributed by atoms with Gasteiger partial charge in [0.25, 0.3) is 0 Å². The molecule has 2 aromatic rings. The average molecular weight is 329 g/mol. The molecule has 84 valence electrons. The second-order valence-electron chi connectivity index (χ2n) is 4.00. The second-order valence-corrected chi connectivity index (χ2v) is 9.30. The van der Waals surface area contributed by atoms with E-state index in [1.54, 1.807) is 0 Å². The Balaban J connectivity index is 2.15. The van der Waals surface area contributed by atoms with Crippen molar-refractivity contribution in [2.75, 3.05) is 0 Å². The maximum atomic E-state index is 3.47. The fraction of sp³-hybridized carbons (Fsp3) is 0.125. The Bertz CT molecular complexity index is 529. The Morgan fingerprint density at radius 3 is 2.18 bits per heavy atom. The van der Waals surface area contributed by atoms with E-state index in [1.165, 1.54) is 9.07 Å². The normalized spacial score (nSPS) is 9.82. The van der Waals surface area contributed by atoms with Crippen molar-refractivity contribution in [3.8, 4) is 9.79 Å². The van der Waals surface area contributed by atoms with E-state index in [-0.39, 0.29) is 0 Å². The van der Waals surface area contributed by atoms with Crippen LogP contribution < -0.4 is 3.51 Å². The van der Waals surface area contributed by atoms with Crippen LogP contribution in [0.3, 0.4) is 0 Å². The van der Waals surface area contributed by atoms with Gasteiger partial charge in [-0.3, -0.25) is 0 Å². The Kier molecular flexibility index (Phi) is 4.29. The van der Waals surface area contributed by atoms with E-state index in [1.807, 2.05) is 18.2 Å². The predicted octanol–water partition coefficient (Wildman–Crippen LogP) is 2.92. The van der Waals surface area contributed by atoms with Gasteiger partial charge >= 0.3 is 111 Å². The van der Waals surface area contributed by atoms with Crippen LogP contribution in [0.1, 0.15) is 11.1 Å². The van der Waals surface area contributed by atoms with Crippen molar-refractivity contribution in [2.45, 2.75) is 11.8 Å². The molecule has 0 aliphatic heterocycles. The Morgan fingerprint density at radius 1 is 0.882 bits per heavy atom. The van der Waals surface area contributed by atoms with E-state index in [4.69, 9.17) is 0 Å². The topological polar surface area (TPSA) is 0 Å². The molecule has 2 rings (SSSR count). The van der Waals surface area contributed by atoms with E-state index in [0.717, 1.165) is 5.56 Å². The van der Waals surface area contributed by atoms with Crippen LogP contribution in [0.2, 0.25) is 4.87 Å². The second kappa shape index (κ2) is 5.94. The van der Waals surface area contributed by atoms with Crippen LogP contribution >= 0.6 is 0 Å². The molecule has 17 heavy (non-hydrogen) atoms. The van der Waals surface area contributed by atoms with Gasteiger partial charge in [-0.15, -0.1) is 0 Å². The van der Waals surface area contributed by atoms with E-state index >= 15 is 0 Å². The fourth-order valence-electron chi connectivity index (χ4n) is 1.50. The Labute approximate surface area is 111 Å². The van der Waals surface area contributed by atoms with Gasteiger partial charge in [-0.1, -0.05) is 0 Å². The molecule has 0 radical (unpaired) electrons. The van der Waals surface area contributed by atoms with Gasteiger partial charge in [0, 0.05) is 0 Å². The van der Waals surface area contributed by atoms with E-state index in [2.05, 4.69) is 58.0 Å². The fourth-order valence-corrected chi connectivity index (χ4v) is 4.42. The zero-order valence-corrected chi connectivity index (χ0v) is 12.7. The minimum absolute atomic E-state index is 1.12. The quantitative estimate of drug-likeness (QED) is 0.558. The SMILES string of the molecule is Cc1cc[c]([Sb]([CH3])[C]#Cc2ccccc2)cc1. The molecule has 0 nitrogen and oxygen atoms in total. The predicted molar refractivity (Wildman–Crippen MR) is 75.8 cm³/mol. The molecule has 0 atom stereocenters. The summed E-state index contributed by atoms with van der Waals surface area (Å²) in [5, 5.41) is 0. The van der Waals surface area contributed by atoms with Crippen LogP contribution in [0, 0.1) is 16.7 Å². The summed E-state index contributed by atoms with van der Waals surface area (Å²) in [5.41, 5.74) is 2.44. The zero-order chi connectivity index (χ0) is 12.1. The van der Waals surface area contributed by atoms with Crippen molar-refractivity contribution >= 4 is 23.7 Å². The Morgan fingerprint density at radius 2 is 1.53 bits per heavy atom. The van der Waals surface area contributed by atoms with Gasteiger partial charge in [0.1, 0.15) is 0 Å². The number of rotatable bonds is 1. The third-order valence-corrected chi connectivity index (χ3v) is 6.90. The van der Waals surface area contributed by atoms with Gasteiger partial charge in [0.05, 0.1) is 0 Å². The van der Waals surface area contributed by atoms with Gasteiger partial charge < -0.3 is 0 Å². The summed E-state index contributed by atoms with van der Waals surface area (Å²) < 4.78 is 4.93. The molecule has 0 saturated carbocycles. The first kappa shape index (κ1) is 12.3. The molecule has 0 N–H and O–H groups in total. The summed E-state index contributed by atoms with van der Waals surface area (Å²) in [4.78, 5) is 2.32. The van der Waals surface area contributed by atoms with Crippen molar-refractivity contribution in [3.63, 3.8) is 0 Å². The molecule has 0 fully saturated rings. The molecule has 0 heterocycles. The molecule has 2 aromatic carbocycles. The van der Waals surface area contributed by atoms with Gasteiger partial charge in [0.15, 0.2) is 0 Å². The number of aryl methyl sites for hydroxylation is 1. The number of benzene rings is 2.